The number of carbonyl (C=O) groups is 1. The van der Waals surface area contributed by atoms with Gasteiger partial charge in [-0.2, -0.15) is 0 Å². The molecular formula is C21H23N3O2. The Balaban J connectivity index is 1.45. The van der Waals surface area contributed by atoms with E-state index in [4.69, 9.17) is 0 Å². The lowest BCUT2D eigenvalue weighted by Crippen LogP contribution is -2.49. The minimum atomic E-state index is -0.231. The Hall–Kier alpha value is -2.66. The number of benzene rings is 1. The van der Waals surface area contributed by atoms with Crippen molar-refractivity contribution in [3.05, 3.63) is 66.6 Å². The lowest BCUT2D eigenvalue weighted by molar-refractivity contribution is -0.123. The molecule has 0 spiro atoms. The minimum Gasteiger partial charge on any atom is -0.393 e. The summed E-state index contributed by atoms with van der Waals surface area (Å²) in [6.07, 6.45) is 7.54. The number of aliphatic hydroxyl groups is 1. The maximum atomic E-state index is 12.7. The van der Waals surface area contributed by atoms with Crippen molar-refractivity contribution in [3.8, 4) is 0 Å². The third-order valence-electron chi connectivity index (χ3n) is 5.26. The number of fused-ring (bicyclic) bond motifs is 1. The quantitative estimate of drug-likeness (QED) is 0.719. The highest BCUT2D eigenvalue weighted by atomic mass is 16.3. The van der Waals surface area contributed by atoms with Gasteiger partial charge in [-0.1, -0.05) is 18.2 Å². The second-order valence-electron chi connectivity index (χ2n) is 7.12. The monoisotopic (exact) mass is 349 g/mol. The topological polar surface area (TPSA) is 67.2 Å². The maximum Gasteiger partial charge on any atom is 0.240 e. The summed E-state index contributed by atoms with van der Waals surface area (Å²) in [6.45, 7) is 0.301. The van der Waals surface area contributed by atoms with Crippen LogP contribution >= 0.6 is 0 Å². The lowest BCUT2D eigenvalue weighted by Gasteiger charge is -2.38. The molecule has 1 fully saturated rings. The van der Waals surface area contributed by atoms with Crippen molar-refractivity contribution < 1.29 is 9.90 Å². The van der Waals surface area contributed by atoms with Crippen molar-refractivity contribution in [1.29, 1.82) is 0 Å². The summed E-state index contributed by atoms with van der Waals surface area (Å²) in [4.78, 5) is 16.7. The Kier molecular flexibility index (Phi) is 4.71. The molecule has 1 saturated carbocycles. The van der Waals surface area contributed by atoms with Crippen LogP contribution in [-0.4, -0.2) is 32.7 Å². The van der Waals surface area contributed by atoms with E-state index in [2.05, 4.69) is 10.3 Å². The van der Waals surface area contributed by atoms with Crippen molar-refractivity contribution in [2.24, 2.45) is 5.92 Å². The molecule has 2 aromatic heterocycles. The van der Waals surface area contributed by atoms with Crippen LogP contribution < -0.4 is 5.32 Å². The lowest BCUT2D eigenvalue weighted by atomic mass is 9.75. The first-order chi connectivity index (χ1) is 12.7. The third-order valence-corrected chi connectivity index (χ3v) is 5.26. The van der Waals surface area contributed by atoms with Gasteiger partial charge < -0.3 is 15.0 Å². The number of rotatable bonds is 6. The van der Waals surface area contributed by atoms with E-state index < -0.39 is 0 Å². The molecule has 1 atom stereocenters. The van der Waals surface area contributed by atoms with Crippen LogP contribution in [0.25, 0.3) is 10.9 Å². The summed E-state index contributed by atoms with van der Waals surface area (Å²) in [5.74, 6) is 0.329. The molecule has 1 aliphatic carbocycles. The number of hydrogen-bond donors (Lipinski definition) is 2. The molecule has 4 rings (SSSR count). The smallest absolute Gasteiger partial charge is 0.240 e. The van der Waals surface area contributed by atoms with E-state index in [1.165, 1.54) is 0 Å². The van der Waals surface area contributed by atoms with Crippen LogP contribution in [0.3, 0.4) is 0 Å². The van der Waals surface area contributed by atoms with E-state index >= 15 is 0 Å². The van der Waals surface area contributed by atoms with Gasteiger partial charge in [0.25, 0.3) is 0 Å². The van der Waals surface area contributed by atoms with Crippen molar-refractivity contribution in [2.45, 2.75) is 38.0 Å². The van der Waals surface area contributed by atoms with Gasteiger partial charge in [-0.15, -0.1) is 0 Å². The molecule has 0 radical (unpaired) electrons. The first kappa shape index (κ1) is 16.8. The molecular weight excluding hydrogens is 326 g/mol. The van der Waals surface area contributed by atoms with Crippen molar-refractivity contribution in [3.63, 3.8) is 0 Å². The fourth-order valence-corrected chi connectivity index (χ4v) is 3.75. The summed E-state index contributed by atoms with van der Waals surface area (Å²) in [7, 11) is 0. The first-order valence-corrected chi connectivity index (χ1v) is 9.09. The zero-order chi connectivity index (χ0) is 17.9. The largest absolute Gasteiger partial charge is 0.393 e. The number of aliphatic hydroxyl groups excluding tert-OH is 1. The van der Waals surface area contributed by atoms with Gasteiger partial charge in [0, 0.05) is 30.1 Å². The number of hydrogen-bond acceptors (Lipinski definition) is 3. The van der Waals surface area contributed by atoms with Crippen molar-refractivity contribution in [2.75, 3.05) is 0 Å². The Labute approximate surface area is 152 Å². The molecule has 0 saturated heterocycles. The Morgan fingerprint density at radius 2 is 1.96 bits per heavy atom. The number of carbonyl (C=O) groups excluding carboxylic acids is 1. The highest BCUT2D eigenvalue weighted by Gasteiger charge is 2.34. The fraction of sp³-hybridized carbons (Fsp3) is 0.333. The number of pyridine rings is 1. The van der Waals surface area contributed by atoms with Gasteiger partial charge in [0.15, 0.2) is 0 Å². The Bertz CT molecular complexity index is 884. The number of nitrogens with one attached hydrogen (secondary N) is 1. The van der Waals surface area contributed by atoms with Gasteiger partial charge in [-0.3, -0.25) is 9.78 Å². The zero-order valence-corrected chi connectivity index (χ0v) is 14.6. The van der Waals surface area contributed by atoms with E-state index in [0.29, 0.717) is 12.5 Å². The van der Waals surface area contributed by atoms with Crippen LogP contribution in [-0.2, 0) is 17.8 Å². The minimum absolute atomic E-state index is 0.00630. The van der Waals surface area contributed by atoms with Crippen LogP contribution in [0.15, 0.2) is 61.1 Å². The fourth-order valence-electron chi connectivity index (χ4n) is 3.75. The number of amides is 1. The van der Waals surface area contributed by atoms with Crippen LogP contribution in [0.4, 0.5) is 0 Å². The highest BCUT2D eigenvalue weighted by Crippen LogP contribution is 2.31. The van der Waals surface area contributed by atoms with Crippen molar-refractivity contribution >= 4 is 16.8 Å². The number of nitrogens with zero attached hydrogens (tertiary/aromatic N) is 2. The molecule has 1 aromatic carbocycles. The molecule has 5 heteroatoms. The SMILES string of the molecule is O=C(Cn1ccc2ccccc21)N[C@@H](Cc1ccncc1)C1CC(O)C1. The molecule has 0 bridgehead atoms. The predicted molar refractivity (Wildman–Crippen MR) is 101 cm³/mol. The first-order valence-electron chi connectivity index (χ1n) is 9.09. The normalized spacial score (nSPS) is 20.5. The molecule has 1 amide bonds. The molecule has 134 valence electrons. The molecule has 0 unspecified atom stereocenters. The van der Waals surface area contributed by atoms with Crippen LogP contribution in [0.5, 0.6) is 0 Å². The van der Waals surface area contributed by atoms with Gasteiger partial charge in [0.1, 0.15) is 6.54 Å². The molecule has 2 N–H and O–H groups in total. The molecule has 2 heterocycles. The summed E-state index contributed by atoms with van der Waals surface area (Å²) >= 11 is 0. The standard InChI is InChI=1S/C21H23N3O2/c25-18-12-17(13-18)19(11-15-5-8-22-9-6-15)23-21(26)14-24-10-7-16-3-1-2-4-20(16)24/h1-10,17-19,25H,11-14H2,(H,23,26)/t17?,18?,19-/m0/s1. The molecule has 1 aliphatic rings. The van der Waals surface area contributed by atoms with Crippen LogP contribution in [0.1, 0.15) is 18.4 Å². The van der Waals surface area contributed by atoms with Crippen LogP contribution in [0, 0.1) is 5.92 Å². The molecule has 5 nitrogen and oxygen atoms in total. The zero-order valence-electron chi connectivity index (χ0n) is 14.6. The number of aromatic nitrogens is 2. The van der Waals surface area contributed by atoms with E-state index in [0.717, 1.165) is 35.7 Å². The summed E-state index contributed by atoms with van der Waals surface area (Å²) in [5, 5.41) is 14.0. The van der Waals surface area contributed by atoms with Gasteiger partial charge in [-0.05, 0) is 60.4 Å². The summed E-state index contributed by atoms with van der Waals surface area (Å²) < 4.78 is 1.98. The highest BCUT2D eigenvalue weighted by molar-refractivity contribution is 5.83. The molecule has 26 heavy (non-hydrogen) atoms. The van der Waals surface area contributed by atoms with Gasteiger partial charge >= 0.3 is 0 Å². The van der Waals surface area contributed by atoms with Gasteiger partial charge in [-0.25, -0.2) is 0 Å². The second kappa shape index (κ2) is 7.30. The van der Waals surface area contributed by atoms with E-state index in [9.17, 15) is 9.90 Å². The van der Waals surface area contributed by atoms with E-state index in [1.54, 1.807) is 12.4 Å². The van der Waals surface area contributed by atoms with E-state index in [1.807, 2.05) is 53.2 Å². The van der Waals surface area contributed by atoms with Crippen LogP contribution in [0.2, 0.25) is 0 Å². The summed E-state index contributed by atoms with van der Waals surface area (Å²) in [5.41, 5.74) is 2.21. The predicted octanol–water partition coefficient (Wildman–Crippen LogP) is 2.53. The molecule has 3 aromatic rings. The Morgan fingerprint density at radius 3 is 2.73 bits per heavy atom. The number of para-hydroxylation sites is 1. The van der Waals surface area contributed by atoms with Gasteiger partial charge in [0.05, 0.1) is 6.10 Å². The van der Waals surface area contributed by atoms with E-state index in [-0.39, 0.29) is 18.1 Å². The molecule has 0 aliphatic heterocycles. The maximum absolute atomic E-state index is 12.7. The van der Waals surface area contributed by atoms with Gasteiger partial charge in [0.2, 0.25) is 5.91 Å². The second-order valence-corrected chi connectivity index (χ2v) is 7.12. The average Bonchev–Trinajstić information content (AvgIpc) is 3.02. The third kappa shape index (κ3) is 3.63. The Morgan fingerprint density at radius 1 is 1.19 bits per heavy atom. The average molecular weight is 349 g/mol. The summed E-state index contributed by atoms with van der Waals surface area (Å²) in [6, 6.07) is 14.1. The van der Waals surface area contributed by atoms with Crippen molar-refractivity contribution in [1.82, 2.24) is 14.9 Å².